The summed E-state index contributed by atoms with van der Waals surface area (Å²) in [5.41, 5.74) is 6.74. The van der Waals surface area contributed by atoms with E-state index in [-0.39, 0.29) is 0 Å². The Hall–Kier alpha value is -1.81. The maximum Gasteiger partial charge on any atom is 0.181 e. The molecule has 0 atom stereocenters. The molecule has 0 aliphatic rings. The molecule has 4 heteroatoms. The average Bonchev–Trinajstić information content (AvgIpc) is 2.70. The summed E-state index contributed by atoms with van der Waals surface area (Å²) in [4.78, 5) is 4.38. The van der Waals surface area contributed by atoms with Gasteiger partial charge in [0.1, 0.15) is 5.75 Å². The van der Waals surface area contributed by atoms with Gasteiger partial charge < -0.3 is 10.5 Å². The summed E-state index contributed by atoms with van der Waals surface area (Å²) in [6.07, 6.45) is 0. The molecule has 17 heavy (non-hydrogen) atoms. The highest BCUT2D eigenvalue weighted by molar-refractivity contribution is 7.22. The van der Waals surface area contributed by atoms with Crippen LogP contribution in [0.5, 0.6) is 5.75 Å². The summed E-state index contributed by atoms with van der Waals surface area (Å²) in [7, 11) is 0. The molecular formula is C13H12N2OS. The molecule has 2 aromatic carbocycles. The van der Waals surface area contributed by atoms with Crippen molar-refractivity contribution >= 4 is 37.5 Å². The van der Waals surface area contributed by atoms with Gasteiger partial charge in [-0.3, -0.25) is 0 Å². The Bertz CT molecular complexity index is 690. The molecule has 2 N–H and O–H groups in total. The molecule has 1 heterocycles. The topological polar surface area (TPSA) is 48.1 Å². The lowest BCUT2D eigenvalue weighted by atomic mass is 10.1. The van der Waals surface area contributed by atoms with Gasteiger partial charge in [-0.05, 0) is 6.92 Å². The van der Waals surface area contributed by atoms with Crippen LogP contribution in [-0.2, 0) is 0 Å². The number of thiazole rings is 1. The van der Waals surface area contributed by atoms with Crippen molar-refractivity contribution in [2.45, 2.75) is 6.92 Å². The van der Waals surface area contributed by atoms with Gasteiger partial charge in [0.25, 0.3) is 0 Å². The van der Waals surface area contributed by atoms with Crippen molar-refractivity contribution in [2.75, 3.05) is 12.3 Å². The zero-order chi connectivity index (χ0) is 11.8. The van der Waals surface area contributed by atoms with Crippen LogP contribution in [0.3, 0.4) is 0 Å². The molecule has 3 nitrogen and oxygen atoms in total. The van der Waals surface area contributed by atoms with Crippen LogP contribution in [-0.4, -0.2) is 11.6 Å². The third kappa shape index (κ3) is 1.61. The van der Waals surface area contributed by atoms with Gasteiger partial charge in [0.15, 0.2) is 5.13 Å². The van der Waals surface area contributed by atoms with Crippen LogP contribution >= 0.6 is 11.3 Å². The number of anilines is 1. The van der Waals surface area contributed by atoms with E-state index < -0.39 is 0 Å². The number of hydrogen-bond donors (Lipinski definition) is 1. The molecule has 0 saturated carbocycles. The van der Waals surface area contributed by atoms with Crippen LogP contribution < -0.4 is 10.5 Å². The van der Waals surface area contributed by atoms with Crippen LogP contribution in [0.2, 0.25) is 0 Å². The Kier molecular flexibility index (Phi) is 2.37. The molecule has 0 radical (unpaired) electrons. The fourth-order valence-electron chi connectivity index (χ4n) is 2.02. The maximum absolute atomic E-state index is 5.77. The largest absolute Gasteiger partial charge is 0.493 e. The average molecular weight is 244 g/mol. The molecule has 3 aromatic rings. The van der Waals surface area contributed by atoms with Gasteiger partial charge in [-0.2, -0.15) is 0 Å². The van der Waals surface area contributed by atoms with E-state index in [0.717, 1.165) is 26.7 Å². The number of nitrogen functional groups attached to an aromatic ring is 1. The molecule has 0 saturated heterocycles. The highest BCUT2D eigenvalue weighted by Gasteiger charge is 2.10. The number of benzene rings is 2. The molecule has 0 aliphatic heterocycles. The zero-order valence-electron chi connectivity index (χ0n) is 9.43. The van der Waals surface area contributed by atoms with Crippen LogP contribution in [0.4, 0.5) is 5.13 Å². The number of nitrogens with two attached hydrogens (primary N) is 1. The normalized spacial score (nSPS) is 11.1. The van der Waals surface area contributed by atoms with Gasteiger partial charge in [0, 0.05) is 16.8 Å². The van der Waals surface area contributed by atoms with Crippen molar-refractivity contribution in [2.24, 2.45) is 0 Å². The van der Waals surface area contributed by atoms with Crippen molar-refractivity contribution in [3.63, 3.8) is 0 Å². The highest BCUT2D eigenvalue weighted by Crippen LogP contribution is 2.36. The summed E-state index contributed by atoms with van der Waals surface area (Å²) in [6.45, 7) is 2.64. The lowest BCUT2D eigenvalue weighted by Gasteiger charge is -2.07. The Morgan fingerprint density at radius 1 is 1.29 bits per heavy atom. The molecule has 0 unspecified atom stereocenters. The van der Waals surface area contributed by atoms with Gasteiger partial charge in [-0.25, -0.2) is 4.98 Å². The Morgan fingerprint density at radius 2 is 2.06 bits per heavy atom. The van der Waals surface area contributed by atoms with E-state index in [1.54, 1.807) is 0 Å². The second kappa shape index (κ2) is 3.89. The van der Waals surface area contributed by atoms with Gasteiger partial charge in [-0.1, -0.05) is 35.6 Å². The molecule has 1 aromatic heterocycles. The maximum atomic E-state index is 5.77. The van der Waals surface area contributed by atoms with Crippen LogP contribution in [0.1, 0.15) is 6.92 Å². The minimum Gasteiger partial charge on any atom is -0.493 e. The molecule has 0 bridgehead atoms. The number of rotatable bonds is 2. The molecule has 0 aliphatic carbocycles. The van der Waals surface area contributed by atoms with Crippen molar-refractivity contribution in [1.82, 2.24) is 4.98 Å². The van der Waals surface area contributed by atoms with E-state index in [1.165, 1.54) is 11.3 Å². The third-order valence-electron chi connectivity index (χ3n) is 2.68. The van der Waals surface area contributed by atoms with Crippen molar-refractivity contribution in [1.29, 1.82) is 0 Å². The van der Waals surface area contributed by atoms with Gasteiger partial charge in [0.05, 0.1) is 16.8 Å². The second-order valence-electron chi connectivity index (χ2n) is 3.75. The van der Waals surface area contributed by atoms with E-state index in [2.05, 4.69) is 17.1 Å². The number of fused-ring (bicyclic) bond motifs is 3. The predicted molar refractivity (Wildman–Crippen MR) is 72.7 cm³/mol. The third-order valence-corrected chi connectivity index (χ3v) is 3.51. The molecular weight excluding hydrogens is 232 g/mol. The van der Waals surface area contributed by atoms with Gasteiger partial charge in [0.2, 0.25) is 0 Å². The minimum absolute atomic E-state index is 0.596. The van der Waals surface area contributed by atoms with E-state index >= 15 is 0 Å². The monoisotopic (exact) mass is 244 g/mol. The lowest BCUT2D eigenvalue weighted by Crippen LogP contribution is -1.92. The smallest absolute Gasteiger partial charge is 0.181 e. The fraction of sp³-hybridized carbons (Fsp3) is 0.154. The molecule has 0 fully saturated rings. The van der Waals surface area contributed by atoms with Crippen LogP contribution in [0.15, 0.2) is 30.3 Å². The number of hydrogen-bond acceptors (Lipinski definition) is 4. The summed E-state index contributed by atoms with van der Waals surface area (Å²) in [6, 6.07) is 10.1. The van der Waals surface area contributed by atoms with Crippen molar-refractivity contribution < 1.29 is 4.74 Å². The Balaban J connectivity index is 2.45. The summed E-state index contributed by atoms with van der Waals surface area (Å²) >= 11 is 1.49. The zero-order valence-corrected chi connectivity index (χ0v) is 10.3. The first-order valence-corrected chi connectivity index (χ1v) is 6.32. The number of ether oxygens (including phenoxy) is 1. The van der Waals surface area contributed by atoms with Crippen LogP contribution in [0.25, 0.3) is 21.0 Å². The van der Waals surface area contributed by atoms with Gasteiger partial charge in [-0.15, -0.1) is 0 Å². The first-order chi connectivity index (χ1) is 8.29. The second-order valence-corrected chi connectivity index (χ2v) is 4.81. The first kappa shape index (κ1) is 10.4. The Morgan fingerprint density at radius 3 is 2.82 bits per heavy atom. The molecule has 86 valence electrons. The molecule has 0 amide bonds. The fourth-order valence-corrected chi connectivity index (χ4v) is 2.80. The standard InChI is InChI=1S/C13H12N2OS/c1-2-16-10-7-11-12(15-13(14)17-11)9-6-4-3-5-8(9)10/h3-7H,2H2,1H3,(H2,14,15). The summed E-state index contributed by atoms with van der Waals surface area (Å²) < 4.78 is 6.75. The quantitative estimate of drug-likeness (QED) is 0.751. The van der Waals surface area contributed by atoms with Gasteiger partial charge >= 0.3 is 0 Å². The lowest BCUT2D eigenvalue weighted by molar-refractivity contribution is 0.345. The van der Waals surface area contributed by atoms with E-state index in [1.807, 2.05) is 25.1 Å². The summed E-state index contributed by atoms with van der Waals surface area (Å²) in [5, 5.41) is 2.78. The van der Waals surface area contributed by atoms with Crippen LogP contribution in [0, 0.1) is 0 Å². The van der Waals surface area contributed by atoms with E-state index in [0.29, 0.717) is 11.7 Å². The van der Waals surface area contributed by atoms with Crippen molar-refractivity contribution in [3.8, 4) is 5.75 Å². The SMILES string of the molecule is CCOc1cc2sc(N)nc2c2ccccc12. The number of nitrogens with zero attached hydrogens (tertiary/aromatic N) is 1. The molecule has 3 rings (SSSR count). The predicted octanol–water partition coefficient (Wildman–Crippen LogP) is 3.43. The van der Waals surface area contributed by atoms with E-state index in [4.69, 9.17) is 10.5 Å². The minimum atomic E-state index is 0.596. The van der Waals surface area contributed by atoms with Crippen molar-refractivity contribution in [3.05, 3.63) is 30.3 Å². The summed E-state index contributed by atoms with van der Waals surface area (Å²) in [5.74, 6) is 0.902. The van der Waals surface area contributed by atoms with E-state index in [9.17, 15) is 0 Å². The molecule has 0 spiro atoms. The highest BCUT2D eigenvalue weighted by atomic mass is 32.1. The Labute approximate surface area is 103 Å². The first-order valence-electron chi connectivity index (χ1n) is 5.50. The number of aromatic nitrogens is 1.